The maximum absolute atomic E-state index is 11.5. The third kappa shape index (κ3) is 2.44. The number of nitrogens with one attached hydrogen (secondary N) is 2. The van der Waals surface area contributed by atoms with Crippen molar-refractivity contribution in [1.82, 2.24) is 20.5 Å². The van der Waals surface area contributed by atoms with Gasteiger partial charge in [-0.25, -0.2) is 4.98 Å². The highest BCUT2D eigenvalue weighted by molar-refractivity contribution is 9.10. The van der Waals surface area contributed by atoms with Gasteiger partial charge in [-0.15, -0.1) is 0 Å². The summed E-state index contributed by atoms with van der Waals surface area (Å²) in [6.45, 7) is 0.289. The van der Waals surface area contributed by atoms with Crippen LogP contribution >= 0.6 is 15.9 Å². The highest BCUT2D eigenvalue weighted by Crippen LogP contribution is 2.13. The quantitative estimate of drug-likeness (QED) is 0.875. The van der Waals surface area contributed by atoms with E-state index in [0.29, 0.717) is 10.5 Å². The number of carbonyl (C=O) groups excluding carboxylic acids is 1. The molecule has 78 valence electrons. The first-order valence-electron chi connectivity index (χ1n) is 4.13. The van der Waals surface area contributed by atoms with Crippen molar-refractivity contribution in [1.29, 1.82) is 0 Å². The molecule has 2 aromatic heterocycles. The van der Waals surface area contributed by atoms with Crippen molar-refractivity contribution in [2.24, 2.45) is 0 Å². The van der Waals surface area contributed by atoms with Gasteiger partial charge in [0.25, 0.3) is 5.91 Å². The maximum Gasteiger partial charge on any atom is 0.287 e. The highest BCUT2D eigenvalue weighted by atomic mass is 79.9. The minimum atomic E-state index is -0.294. The summed E-state index contributed by atoms with van der Waals surface area (Å²) >= 11 is 3.12. The first kappa shape index (κ1) is 9.91. The van der Waals surface area contributed by atoms with Crippen molar-refractivity contribution in [3.8, 4) is 0 Å². The van der Waals surface area contributed by atoms with Crippen LogP contribution in [-0.2, 0) is 6.54 Å². The number of halogens is 1. The molecule has 0 fully saturated rings. The third-order valence-corrected chi connectivity index (χ3v) is 2.10. The fourth-order valence-corrected chi connectivity index (χ4v) is 1.31. The second-order valence-corrected chi connectivity index (χ2v) is 3.50. The van der Waals surface area contributed by atoms with E-state index >= 15 is 0 Å². The molecule has 15 heavy (non-hydrogen) atoms. The average Bonchev–Trinajstić information content (AvgIpc) is 2.84. The molecular formula is C8H7BrN4O2. The molecule has 2 N–H and O–H groups in total. The van der Waals surface area contributed by atoms with Crippen LogP contribution in [0.4, 0.5) is 0 Å². The summed E-state index contributed by atoms with van der Waals surface area (Å²) in [5.41, 5.74) is 0. The molecule has 6 nitrogen and oxygen atoms in total. The van der Waals surface area contributed by atoms with Gasteiger partial charge in [-0.1, -0.05) is 0 Å². The number of amides is 1. The molecule has 0 saturated heterocycles. The van der Waals surface area contributed by atoms with E-state index in [0.717, 1.165) is 0 Å². The van der Waals surface area contributed by atoms with Gasteiger partial charge in [-0.2, -0.15) is 5.10 Å². The number of hydrogen-bond acceptors (Lipinski definition) is 4. The standard InChI is InChI=1S/C8H7BrN4O2/c9-6-2-1-5(15-6)8(14)10-3-7-11-4-12-13-7/h1-2,4H,3H2,(H,10,14)(H,11,12,13). The van der Waals surface area contributed by atoms with E-state index < -0.39 is 0 Å². The summed E-state index contributed by atoms with van der Waals surface area (Å²) in [5.74, 6) is 0.549. The van der Waals surface area contributed by atoms with Crippen LogP contribution in [0.25, 0.3) is 0 Å². The zero-order chi connectivity index (χ0) is 10.7. The number of nitrogens with zero attached hydrogens (tertiary/aromatic N) is 2. The van der Waals surface area contributed by atoms with E-state index in [1.807, 2.05) is 0 Å². The van der Waals surface area contributed by atoms with Gasteiger partial charge in [-0.05, 0) is 28.1 Å². The molecule has 0 radical (unpaired) electrons. The number of carbonyl (C=O) groups is 1. The van der Waals surface area contributed by atoms with Crippen molar-refractivity contribution in [2.45, 2.75) is 6.54 Å². The lowest BCUT2D eigenvalue weighted by Crippen LogP contribution is -2.22. The van der Waals surface area contributed by atoms with Crippen LogP contribution in [0.1, 0.15) is 16.4 Å². The monoisotopic (exact) mass is 270 g/mol. The molecule has 2 aromatic rings. The predicted molar refractivity (Wildman–Crippen MR) is 54.0 cm³/mol. The molecule has 0 unspecified atom stereocenters. The normalized spacial score (nSPS) is 10.2. The van der Waals surface area contributed by atoms with Crippen LogP contribution in [0.5, 0.6) is 0 Å². The lowest BCUT2D eigenvalue weighted by Gasteiger charge is -1.98. The number of aromatic amines is 1. The van der Waals surface area contributed by atoms with Crippen LogP contribution in [0.2, 0.25) is 0 Å². The van der Waals surface area contributed by atoms with Gasteiger partial charge in [0, 0.05) is 0 Å². The molecule has 0 aromatic carbocycles. The molecule has 7 heteroatoms. The van der Waals surface area contributed by atoms with E-state index in [9.17, 15) is 4.79 Å². The molecular weight excluding hydrogens is 264 g/mol. The predicted octanol–water partition coefficient (Wildman–Crippen LogP) is 1.09. The van der Waals surface area contributed by atoms with Crippen LogP contribution in [0, 0.1) is 0 Å². The fourth-order valence-electron chi connectivity index (χ4n) is 1.00. The Balaban J connectivity index is 1.93. The SMILES string of the molecule is O=C(NCc1ncn[nH]1)c1ccc(Br)o1. The molecule has 2 rings (SSSR count). The number of hydrogen-bond donors (Lipinski definition) is 2. The Morgan fingerprint density at radius 3 is 3.07 bits per heavy atom. The Morgan fingerprint density at radius 1 is 1.60 bits per heavy atom. The second-order valence-electron chi connectivity index (χ2n) is 2.72. The maximum atomic E-state index is 11.5. The van der Waals surface area contributed by atoms with Crippen molar-refractivity contribution >= 4 is 21.8 Å². The van der Waals surface area contributed by atoms with Gasteiger partial charge in [0.05, 0.1) is 6.54 Å². The number of furan rings is 1. The van der Waals surface area contributed by atoms with Gasteiger partial charge >= 0.3 is 0 Å². The van der Waals surface area contributed by atoms with Gasteiger partial charge < -0.3 is 9.73 Å². The Kier molecular flexibility index (Phi) is 2.82. The van der Waals surface area contributed by atoms with Crippen LogP contribution < -0.4 is 5.32 Å². The molecule has 1 amide bonds. The van der Waals surface area contributed by atoms with Crippen LogP contribution in [0.3, 0.4) is 0 Å². The van der Waals surface area contributed by atoms with E-state index in [-0.39, 0.29) is 18.2 Å². The fraction of sp³-hybridized carbons (Fsp3) is 0.125. The van der Waals surface area contributed by atoms with E-state index in [2.05, 4.69) is 36.4 Å². The molecule has 0 aliphatic carbocycles. The van der Waals surface area contributed by atoms with Crippen LogP contribution in [-0.4, -0.2) is 21.1 Å². The molecule has 0 atom stereocenters. The number of aromatic nitrogens is 3. The van der Waals surface area contributed by atoms with Crippen molar-refractivity contribution in [2.75, 3.05) is 0 Å². The van der Waals surface area contributed by atoms with Gasteiger partial charge in [-0.3, -0.25) is 9.89 Å². The minimum absolute atomic E-state index is 0.251. The Morgan fingerprint density at radius 2 is 2.47 bits per heavy atom. The van der Waals surface area contributed by atoms with Gasteiger partial charge in [0.15, 0.2) is 10.4 Å². The van der Waals surface area contributed by atoms with Crippen molar-refractivity contribution in [3.63, 3.8) is 0 Å². The zero-order valence-electron chi connectivity index (χ0n) is 7.53. The second kappa shape index (κ2) is 4.26. The lowest BCUT2D eigenvalue weighted by molar-refractivity contribution is 0.0921. The average molecular weight is 271 g/mol. The van der Waals surface area contributed by atoms with Gasteiger partial charge in [0.2, 0.25) is 0 Å². The molecule has 0 bridgehead atoms. The molecule has 0 aliphatic heterocycles. The van der Waals surface area contributed by atoms with E-state index in [1.165, 1.54) is 6.33 Å². The summed E-state index contributed by atoms with van der Waals surface area (Å²) in [6.07, 6.45) is 1.38. The summed E-state index contributed by atoms with van der Waals surface area (Å²) in [5, 5.41) is 8.92. The van der Waals surface area contributed by atoms with Crippen molar-refractivity contribution < 1.29 is 9.21 Å². The molecule has 0 spiro atoms. The first-order valence-corrected chi connectivity index (χ1v) is 4.93. The van der Waals surface area contributed by atoms with Crippen molar-refractivity contribution in [3.05, 3.63) is 34.7 Å². The lowest BCUT2D eigenvalue weighted by atomic mass is 10.4. The van der Waals surface area contributed by atoms with E-state index in [4.69, 9.17) is 4.42 Å². The summed E-state index contributed by atoms with van der Waals surface area (Å²) < 4.78 is 5.59. The number of H-pyrrole nitrogens is 1. The highest BCUT2D eigenvalue weighted by Gasteiger charge is 2.10. The Hall–Kier alpha value is -1.63. The summed E-state index contributed by atoms with van der Waals surface area (Å²) in [4.78, 5) is 15.3. The Bertz CT molecular complexity index is 451. The van der Waals surface area contributed by atoms with E-state index in [1.54, 1.807) is 12.1 Å². The minimum Gasteiger partial charge on any atom is -0.444 e. The largest absolute Gasteiger partial charge is 0.444 e. The smallest absolute Gasteiger partial charge is 0.287 e. The topological polar surface area (TPSA) is 83.8 Å². The molecule has 0 saturated carbocycles. The van der Waals surface area contributed by atoms with Crippen LogP contribution in [0.15, 0.2) is 27.5 Å². The Labute approximate surface area is 93.2 Å². The molecule has 0 aliphatic rings. The third-order valence-electron chi connectivity index (χ3n) is 1.68. The molecule has 2 heterocycles. The summed E-state index contributed by atoms with van der Waals surface area (Å²) in [6, 6.07) is 3.24. The first-order chi connectivity index (χ1) is 7.25. The zero-order valence-corrected chi connectivity index (χ0v) is 9.11. The number of rotatable bonds is 3. The summed E-state index contributed by atoms with van der Waals surface area (Å²) in [7, 11) is 0. The van der Waals surface area contributed by atoms with Gasteiger partial charge in [0.1, 0.15) is 12.2 Å².